The van der Waals surface area contributed by atoms with Gasteiger partial charge in [-0.15, -0.1) is 11.3 Å². The SMILES string of the molecule is Cn1c(=O)n(C)c2cc(NS(=O)(=O)c3cccs3)c(Cl)cc21. The van der Waals surface area contributed by atoms with Crippen molar-refractivity contribution in [3.05, 3.63) is 45.2 Å². The Morgan fingerprint density at radius 3 is 2.41 bits per heavy atom. The lowest BCUT2D eigenvalue weighted by Gasteiger charge is -2.09. The van der Waals surface area contributed by atoms with Gasteiger partial charge in [-0.2, -0.15) is 0 Å². The Morgan fingerprint density at radius 1 is 1.18 bits per heavy atom. The summed E-state index contributed by atoms with van der Waals surface area (Å²) in [5, 5.41) is 1.91. The highest BCUT2D eigenvalue weighted by Gasteiger charge is 2.18. The van der Waals surface area contributed by atoms with Gasteiger partial charge in [0.25, 0.3) is 10.0 Å². The van der Waals surface area contributed by atoms with Crippen molar-refractivity contribution in [2.24, 2.45) is 14.1 Å². The maximum absolute atomic E-state index is 12.3. The van der Waals surface area contributed by atoms with Crippen LogP contribution in [0.1, 0.15) is 0 Å². The number of aromatic nitrogens is 2. The van der Waals surface area contributed by atoms with Gasteiger partial charge in [-0.1, -0.05) is 17.7 Å². The molecular weight excluding hydrogens is 346 g/mol. The van der Waals surface area contributed by atoms with Crippen LogP contribution in [0.2, 0.25) is 5.02 Å². The van der Waals surface area contributed by atoms with E-state index in [0.29, 0.717) is 11.0 Å². The zero-order valence-corrected chi connectivity index (χ0v) is 14.1. The zero-order valence-electron chi connectivity index (χ0n) is 11.7. The molecule has 0 radical (unpaired) electrons. The van der Waals surface area contributed by atoms with E-state index in [0.717, 1.165) is 11.3 Å². The van der Waals surface area contributed by atoms with Gasteiger partial charge in [0.15, 0.2) is 0 Å². The molecule has 6 nitrogen and oxygen atoms in total. The van der Waals surface area contributed by atoms with Crippen LogP contribution in [0, 0.1) is 0 Å². The summed E-state index contributed by atoms with van der Waals surface area (Å²) in [6.45, 7) is 0. The molecule has 0 aliphatic carbocycles. The number of nitrogens with zero attached hydrogens (tertiary/aromatic N) is 2. The molecule has 0 unspecified atom stereocenters. The van der Waals surface area contributed by atoms with E-state index in [4.69, 9.17) is 11.6 Å². The van der Waals surface area contributed by atoms with Crippen molar-refractivity contribution in [2.45, 2.75) is 4.21 Å². The number of halogens is 1. The lowest BCUT2D eigenvalue weighted by Crippen LogP contribution is -2.19. The number of aryl methyl sites for hydroxylation is 2. The van der Waals surface area contributed by atoms with Gasteiger partial charge in [-0.05, 0) is 23.6 Å². The van der Waals surface area contributed by atoms with E-state index >= 15 is 0 Å². The third kappa shape index (κ3) is 2.33. The number of hydrogen-bond donors (Lipinski definition) is 1. The number of anilines is 1. The average molecular weight is 358 g/mol. The summed E-state index contributed by atoms with van der Waals surface area (Å²) >= 11 is 7.27. The van der Waals surface area contributed by atoms with Gasteiger partial charge in [0.05, 0.1) is 21.7 Å². The Bertz CT molecular complexity index is 1020. The summed E-state index contributed by atoms with van der Waals surface area (Å²) in [6.07, 6.45) is 0. The van der Waals surface area contributed by atoms with E-state index in [1.807, 2.05) is 0 Å². The Balaban J connectivity index is 2.15. The van der Waals surface area contributed by atoms with Crippen molar-refractivity contribution in [2.75, 3.05) is 4.72 Å². The molecule has 0 saturated heterocycles. The van der Waals surface area contributed by atoms with Gasteiger partial charge < -0.3 is 0 Å². The molecule has 3 rings (SSSR count). The van der Waals surface area contributed by atoms with Gasteiger partial charge in [0, 0.05) is 14.1 Å². The number of sulfonamides is 1. The van der Waals surface area contributed by atoms with Gasteiger partial charge in [0.1, 0.15) is 4.21 Å². The molecular formula is C13H12ClN3O3S2. The molecule has 1 N–H and O–H groups in total. The molecule has 3 aromatic rings. The number of rotatable bonds is 3. The zero-order chi connectivity index (χ0) is 16.1. The minimum Gasteiger partial charge on any atom is -0.295 e. The number of hydrogen-bond acceptors (Lipinski definition) is 4. The summed E-state index contributed by atoms with van der Waals surface area (Å²) in [6, 6.07) is 6.30. The predicted molar refractivity (Wildman–Crippen MR) is 88.3 cm³/mol. The van der Waals surface area contributed by atoms with Crippen molar-refractivity contribution in [3.8, 4) is 0 Å². The predicted octanol–water partition coefficient (Wildman–Crippen LogP) is 2.39. The highest BCUT2D eigenvalue weighted by atomic mass is 35.5. The Hall–Kier alpha value is -1.77. The summed E-state index contributed by atoms with van der Waals surface area (Å²) < 4.78 is 30.1. The van der Waals surface area contributed by atoms with Crippen LogP contribution in [0.5, 0.6) is 0 Å². The Kier molecular flexibility index (Phi) is 3.54. The Morgan fingerprint density at radius 2 is 1.82 bits per heavy atom. The van der Waals surface area contributed by atoms with Crippen LogP contribution < -0.4 is 10.4 Å². The fraction of sp³-hybridized carbons (Fsp3) is 0.154. The molecule has 0 aliphatic heterocycles. The Labute approximate surface area is 135 Å². The lowest BCUT2D eigenvalue weighted by molar-refractivity contribution is 0.603. The maximum Gasteiger partial charge on any atom is 0.328 e. The topological polar surface area (TPSA) is 73.1 Å². The normalized spacial score (nSPS) is 12.0. The largest absolute Gasteiger partial charge is 0.328 e. The highest BCUT2D eigenvalue weighted by molar-refractivity contribution is 7.94. The highest BCUT2D eigenvalue weighted by Crippen LogP contribution is 2.30. The van der Waals surface area contributed by atoms with Crippen LogP contribution in [0.15, 0.2) is 38.6 Å². The van der Waals surface area contributed by atoms with Crippen LogP contribution in [0.3, 0.4) is 0 Å². The molecule has 0 fully saturated rings. The molecule has 0 atom stereocenters. The van der Waals surface area contributed by atoms with E-state index in [1.54, 1.807) is 37.7 Å². The summed E-state index contributed by atoms with van der Waals surface area (Å²) in [4.78, 5) is 11.9. The van der Waals surface area contributed by atoms with Crippen molar-refractivity contribution in [1.82, 2.24) is 9.13 Å². The fourth-order valence-electron chi connectivity index (χ4n) is 2.21. The van der Waals surface area contributed by atoms with Gasteiger partial charge >= 0.3 is 5.69 Å². The van der Waals surface area contributed by atoms with Gasteiger partial charge in [-0.25, -0.2) is 13.2 Å². The van der Waals surface area contributed by atoms with E-state index in [1.165, 1.54) is 15.2 Å². The number of imidazole rings is 1. The first-order chi connectivity index (χ1) is 10.3. The molecule has 1 aromatic carbocycles. The molecule has 0 aliphatic rings. The summed E-state index contributed by atoms with van der Waals surface area (Å²) in [7, 11) is -0.431. The van der Waals surface area contributed by atoms with Crippen molar-refractivity contribution in [1.29, 1.82) is 0 Å². The third-order valence-corrected chi connectivity index (χ3v) is 6.44. The third-order valence-electron chi connectivity index (χ3n) is 3.37. The minimum absolute atomic E-state index is 0.200. The average Bonchev–Trinajstić information content (AvgIpc) is 3.06. The fourth-order valence-corrected chi connectivity index (χ4v) is 4.53. The molecule has 0 saturated carbocycles. The van der Waals surface area contributed by atoms with Gasteiger partial charge in [0.2, 0.25) is 0 Å². The lowest BCUT2D eigenvalue weighted by atomic mass is 10.3. The van der Waals surface area contributed by atoms with Crippen LogP contribution in [0.25, 0.3) is 11.0 Å². The minimum atomic E-state index is -3.69. The van der Waals surface area contributed by atoms with Gasteiger partial charge in [-0.3, -0.25) is 13.9 Å². The summed E-state index contributed by atoms with van der Waals surface area (Å²) in [5.41, 5.74) is 1.27. The first-order valence-electron chi connectivity index (χ1n) is 6.22. The monoisotopic (exact) mass is 357 g/mol. The van der Waals surface area contributed by atoms with Crippen LogP contribution in [0.4, 0.5) is 5.69 Å². The first-order valence-corrected chi connectivity index (χ1v) is 8.96. The second kappa shape index (κ2) is 5.15. The maximum atomic E-state index is 12.3. The molecule has 2 aromatic heterocycles. The molecule has 0 spiro atoms. The number of nitrogens with one attached hydrogen (secondary N) is 1. The molecule has 0 amide bonds. The molecule has 0 bridgehead atoms. The second-order valence-corrected chi connectivity index (χ2v) is 8.02. The second-order valence-electron chi connectivity index (χ2n) is 4.76. The molecule has 9 heteroatoms. The van der Waals surface area contributed by atoms with E-state index < -0.39 is 10.0 Å². The van der Waals surface area contributed by atoms with Crippen molar-refractivity contribution < 1.29 is 8.42 Å². The van der Waals surface area contributed by atoms with E-state index in [-0.39, 0.29) is 20.6 Å². The van der Waals surface area contributed by atoms with Crippen LogP contribution >= 0.6 is 22.9 Å². The van der Waals surface area contributed by atoms with Crippen molar-refractivity contribution >= 4 is 49.7 Å². The van der Waals surface area contributed by atoms with E-state index in [9.17, 15) is 13.2 Å². The van der Waals surface area contributed by atoms with Crippen LogP contribution in [-0.4, -0.2) is 17.6 Å². The van der Waals surface area contributed by atoms with Crippen molar-refractivity contribution in [3.63, 3.8) is 0 Å². The first kappa shape index (κ1) is 15.1. The number of benzene rings is 1. The smallest absolute Gasteiger partial charge is 0.295 e. The number of thiophene rings is 1. The van der Waals surface area contributed by atoms with E-state index in [2.05, 4.69) is 4.72 Å². The quantitative estimate of drug-likeness (QED) is 0.782. The molecule has 22 heavy (non-hydrogen) atoms. The van der Waals surface area contributed by atoms with Crippen LogP contribution in [-0.2, 0) is 24.1 Å². The number of fused-ring (bicyclic) bond motifs is 1. The standard InChI is InChI=1S/C13H12ClN3O3S2/c1-16-10-6-8(14)9(7-11(10)17(2)13(16)18)15-22(19,20)12-4-3-5-21-12/h3-7,15H,1-2H3. The molecule has 116 valence electrons. The molecule has 2 heterocycles. The summed E-state index contributed by atoms with van der Waals surface area (Å²) in [5.74, 6) is 0.